The van der Waals surface area contributed by atoms with Gasteiger partial charge in [-0.25, -0.2) is 14.8 Å². The van der Waals surface area contributed by atoms with E-state index in [1.165, 1.54) is 0 Å². The molecule has 1 aliphatic rings. The lowest BCUT2D eigenvalue weighted by Gasteiger charge is -2.33. The molecule has 1 fully saturated rings. The molecular formula is C15H22BrN3O3. The molecule has 0 atom stereocenters. The highest BCUT2D eigenvalue weighted by Gasteiger charge is 2.27. The predicted molar refractivity (Wildman–Crippen MR) is 85.8 cm³/mol. The Balaban J connectivity index is 1.73. The van der Waals surface area contributed by atoms with Crippen LogP contribution >= 0.6 is 15.9 Å². The van der Waals surface area contributed by atoms with E-state index in [0.29, 0.717) is 36.1 Å². The molecule has 0 aromatic carbocycles. The molecule has 0 saturated carbocycles. The van der Waals surface area contributed by atoms with Crippen LogP contribution in [-0.2, 0) is 4.74 Å². The van der Waals surface area contributed by atoms with Crippen LogP contribution in [0.4, 0.5) is 4.79 Å². The predicted octanol–water partition coefficient (Wildman–Crippen LogP) is 3.27. The molecule has 1 aliphatic heterocycles. The van der Waals surface area contributed by atoms with Crippen LogP contribution in [0.3, 0.4) is 0 Å². The summed E-state index contributed by atoms with van der Waals surface area (Å²) in [5.74, 6) is 0.946. The Labute approximate surface area is 139 Å². The van der Waals surface area contributed by atoms with Crippen molar-refractivity contribution < 1.29 is 14.3 Å². The number of carbonyl (C=O) groups is 1. The first kappa shape index (κ1) is 17.0. The van der Waals surface area contributed by atoms with Gasteiger partial charge in [-0.1, -0.05) is 0 Å². The first-order valence-electron chi connectivity index (χ1n) is 7.42. The summed E-state index contributed by atoms with van der Waals surface area (Å²) in [6.45, 7) is 7.64. The molecule has 2 rings (SSSR count). The van der Waals surface area contributed by atoms with Crippen LogP contribution in [-0.4, -0.2) is 46.3 Å². The summed E-state index contributed by atoms with van der Waals surface area (Å²) in [5, 5.41) is 0. The molecule has 0 N–H and O–H groups in total. The van der Waals surface area contributed by atoms with Gasteiger partial charge in [-0.15, -0.1) is 0 Å². The van der Waals surface area contributed by atoms with Crippen molar-refractivity contribution >= 4 is 22.0 Å². The number of likely N-dealkylation sites (tertiary alicyclic amines) is 1. The van der Waals surface area contributed by atoms with Crippen LogP contribution in [0.1, 0.15) is 33.6 Å². The van der Waals surface area contributed by atoms with E-state index in [9.17, 15) is 4.79 Å². The second kappa shape index (κ2) is 7.26. The standard InChI is InChI=1S/C15H22BrN3O3/c1-15(2,3)22-14(20)19-6-4-11(5-7-19)10-21-13-9-17-12(16)8-18-13/h8-9,11H,4-7,10H2,1-3H3. The fourth-order valence-corrected chi connectivity index (χ4v) is 2.39. The van der Waals surface area contributed by atoms with Gasteiger partial charge in [-0.3, -0.25) is 0 Å². The highest BCUT2D eigenvalue weighted by molar-refractivity contribution is 9.10. The molecule has 122 valence electrons. The van der Waals surface area contributed by atoms with Gasteiger partial charge in [0.25, 0.3) is 0 Å². The quantitative estimate of drug-likeness (QED) is 0.815. The molecule has 1 amide bonds. The Morgan fingerprint density at radius 3 is 2.55 bits per heavy atom. The zero-order valence-corrected chi connectivity index (χ0v) is 14.8. The molecule has 1 aromatic rings. The van der Waals surface area contributed by atoms with Crippen molar-refractivity contribution in [2.75, 3.05) is 19.7 Å². The minimum absolute atomic E-state index is 0.231. The number of rotatable bonds is 3. The number of hydrogen-bond acceptors (Lipinski definition) is 5. The maximum absolute atomic E-state index is 12.0. The van der Waals surface area contributed by atoms with Crippen LogP contribution < -0.4 is 4.74 Å². The number of ether oxygens (including phenoxy) is 2. The minimum Gasteiger partial charge on any atom is -0.476 e. The zero-order chi connectivity index (χ0) is 16.2. The van der Waals surface area contributed by atoms with Gasteiger partial charge in [-0.2, -0.15) is 0 Å². The monoisotopic (exact) mass is 371 g/mol. The molecule has 7 heteroatoms. The highest BCUT2D eigenvalue weighted by atomic mass is 79.9. The molecule has 0 spiro atoms. The maximum atomic E-state index is 12.0. The van der Waals surface area contributed by atoms with Crippen molar-refractivity contribution in [1.29, 1.82) is 0 Å². The first-order chi connectivity index (χ1) is 10.3. The van der Waals surface area contributed by atoms with Crippen LogP contribution in [0, 0.1) is 5.92 Å². The number of carbonyl (C=O) groups excluding carboxylic acids is 1. The van der Waals surface area contributed by atoms with E-state index in [4.69, 9.17) is 9.47 Å². The van der Waals surface area contributed by atoms with Gasteiger partial charge in [-0.05, 0) is 55.5 Å². The Hall–Kier alpha value is -1.37. The summed E-state index contributed by atoms with van der Waals surface area (Å²) in [5.41, 5.74) is -0.447. The highest BCUT2D eigenvalue weighted by Crippen LogP contribution is 2.20. The molecule has 6 nitrogen and oxygen atoms in total. The molecular weight excluding hydrogens is 350 g/mol. The fourth-order valence-electron chi connectivity index (χ4n) is 2.19. The molecule has 0 aliphatic carbocycles. The molecule has 0 bridgehead atoms. The molecule has 1 saturated heterocycles. The summed E-state index contributed by atoms with van der Waals surface area (Å²) >= 11 is 3.24. The number of hydrogen-bond donors (Lipinski definition) is 0. The number of aromatic nitrogens is 2. The molecule has 0 radical (unpaired) electrons. The van der Waals surface area contributed by atoms with Gasteiger partial charge in [0.2, 0.25) is 5.88 Å². The van der Waals surface area contributed by atoms with Crippen molar-refractivity contribution in [3.63, 3.8) is 0 Å². The van der Waals surface area contributed by atoms with Crippen molar-refractivity contribution in [3.05, 3.63) is 17.0 Å². The lowest BCUT2D eigenvalue weighted by Crippen LogP contribution is -2.42. The number of nitrogens with zero attached hydrogens (tertiary/aromatic N) is 3. The Morgan fingerprint density at radius 1 is 1.32 bits per heavy atom. The largest absolute Gasteiger partial charge is 0.476 e. The fraction of sp³-hybridized carbons (Fsp3) is 0.667. The summed E-state index contributed by atoms with van der Waals surface area (Å²) in [6, 6.07) is 0. The first-order valence-corrected chi connectivity index (χ1v) is 8.21. The summed E-state index contributed by atoms with van der Waals surface area (Å²) < 4.78 is 11.7. The van der Waals surface area contributed by atoms with Gasteiger partial charge >= 0.3 is 6.09 Å². The SMILES string of the molecule is CC(C)(C)OC(=O)N1CCC(COc2cnc(Br)cn2)CC1. The van der Waals surface area contributed by atoms with Crippen molar-refractivity contribution in [3.8, 4) is 5.88 Å². The average Bonchev–Trinajstić information content (AvgIpc) is 2.45. The van der Waals surface area contributed by atoms with E-state index >= 15 is 0 Å². The van der Waals surface area contributed by atoms with E-state index in [2.05, 4.69) is 25.9 Å². The number of halogens is 1. The van der Waals surface area contributed by atoms with Gasteiger partial charge in [0.05, 0.1) is 19.0 Å². The Morgan fingerprint density at radius 2 is 2.00 bits per heavy atom. The third-order valence-electron chi connectivity index (χ3n) is 3.33. The van der Waals surface area contributed by atoms with Gasteiger partial charge in [0.1, 0.15) is 10.2 Å². The molecule has 1 aromatic heterocycles. The third-order valence-corrected chi connectivity index (χ3v) is 3.74. The second-order valence-corrected chi connectivity index (χ2v) is 7.21. The number of amides is 1. The van der Waals surface area contributed by atoms with Crippen LogP contribution in [0.15, 0.2) is 17.0 Å². The topological polar surface area (TPSA) is 64.5 Å². The average molecular weight is 372 g/mol. The molecule has 0 unspecified atom stereocenters. The van der Waals surface area contributed by atoms with Crippen LogP contribution in [0.5, 0.6) is 5.88 Å². The van der Waals surface area contributed by atoms with Crippen LogP contribution in [0.25, 0.3) is 0 Å². The normalized spacial score (nSPS) is 16.5. The van der Waals surface area contributed by atoms with Gasteiger partial charge < -0.3 is 14.4 Å². The summed E-state index contributed by atoms with van der Waals surface area (Å²) in [4.78, 5) is 21.9. The van der Waals surface area contributed by atoms with E-state index < -0.39 is 5.60 Å². The number of piperidine rings is 1. The Bertz CT molecular complexity index is 494. The van der Waals surface area contributed by atoms with E-state index in [1.807, 2.05) is 20.8 Å². The summed E-state index contributed by atoms with van der Waals surface area (Å²) in [7, 11) is 0. The van der Waals surface area contributed by atoms with Crippen LogP contribution in [0.2, 0.25) is 0 Å². The summed E-state index contributed by atoms with van der Waals surface area (Å²) in [6.07, 6.45) is 4.79. The van der Waals surface area contributed by atoms with E-state index in [-0.39, 0.29) is 6.09 Å². The lowest BCUT2D eigenvalue weighted by atomic mass is 9.98. The van der Waals surface area contributed by atoms with Gasteiger partial charge in [0, 0.05) is 13.1 Å². The Kier molecular flexibility index (Phi) is 5.61. The van der Waals surface area contributed by atoms with E-state index in [0.717, 1.165) is 12.8 Å². The van der Waals surface area contributed by atoms with Crippen molar-refractivity contribution in [2.45, 2.75) is 39.2 Å². The lowest BCUT2D eigenvalue weighted by molar-refractivity contribution is 0.0164. The smallest absolute Gasteiger partial charge is 0.410 e. The molecule has 2 heterocycles. The van der Waals surface area contributed by atoms with Crippen molar-refractivity contribution in [1.82, 2.24) is 14.9 Å². The second-order valence-electron chi connectivity index (χ2n) is 6.40. The van der Waals surface area contributed by atoms with E-state index in [1.54, 1.807) is 17.3 Å². The maximum Gasteiger partial charge on any atom is 0.410 e. The zero-order valence-electron chi connectivity index (χ0n) is 13.2. The molecule has 22 heavy (non-hydrogen) atoms. The van der Waals surface area contributed by atoms with Gasteiger partial charge in [0.15, 0.2) is 0 Å². The van der Waals surface area contributed by atoms with Crippen molar-refractivity contribution in [2.24, 2.45) is 5.92 Å². The third kappa shape index (κ3) is 5.44. The minimum atomic E-state index is -0.447.